The molecule has 1 amide bonds. The zero-order chi connectivity index (χ0) is 13.9. The third-order valence-electron chi connectivity index (χ3n) is 3.29. The third kappa shape index (κ3) is 2.80. The van der Waals surface area contributed by atoms with E-state index < -0.39 is 0 Å². The van der Waals surface area contributed by atoms with Crippen LogP contribution in [0.3, 0.4) is 0 Å². The van der Waals surface area contributed by atoms with Crippen molar-refractivity contribution in [1.29, 1.82) is 0 Å². The normalized spacial score (nSPS) is 20.1. The molecule has 1 unspecified atom stereocenters. The maximum Gasteiger partial charge on any atom is 0.281 e. The van der Waals surface area contributed by atoms with E-state index in [2.05, 4.69) is 27.4 Å². The van der Waals surface area contributed by atoms with Crippen LogP contribution in [0.2, 0.25) is 0 Å². The van der Waals surface area contributed by atoms with Crippen molar-refractivity contribution in [2.45, 2.75) is 12.5 Å². The Bertz CT molecular complexity index is 667. The maximum atomic E-state index is 11.7. The summed E-state index contributed by atoms with van der Waals surface area (Å²) >= 11 is 3.48. The molecule has 0 radical (unpaired) electrons. The summed E-state index contributed by atoms with van der Waals surface area (Å²) in [6, 6.07) is 18.1. The Morgan fingerprint density at radius 1 is 1.15 bits per heavy atom. The van der Waals surface area contributed by atoms with E-state index in [0.29, 0.717) is 6.42 Å². The topological polar surface area (TPSA) is 32.1 Å². The van der Waals surface area contributed by atoms with Crippen LogP contribution in [0.15, 0.2) is 59.1 Å². The number of hydrazone groups is 1. The minimum atomic E-state index is 0.0280. The second-order valence-electron chi connectivity index (χ2n) is 4.76. The summed E-state index contributed by atoms with van der Waals surface area (Å²) < 4.78 is 2.91. The number of benzene rings is 2. The Morgan fingerprint density at radius 2 is 1.95 bits per heavy atom. The van der Waals surface area contributed by atoms with E-state index in [1.54, 1.807) is 0 Å². The standard InChI is InChI=1S/C16H13BrN2O/c17-14-8-4-7-13(9-14)15-10-16(20)18-19(15)11-12-5-2-1-3-6-12/h1-9,11,15H,10H2/p+1/b19-11-. The summed E-state index contributed by atoms with van der Waals surface area (Å²) in [6.07, 6.45) is 2.44. The quantitative estimate of drug-likeness (QED) is 0.844. The van der Waals surface area contributed by atoms with Crippen LogP contribution in [-0.4, -0.2) is 16.8 Å². The van der Waals surface area contributed by atoms with Gasteiger partial charge in [-0.2, -0.15) is 0 Å². The van der Waals surface area contributed by atoms with Crippen molar-refractivity contribution in [2.75, 3.05) is 0 Å². The van der Waals surface area contributed by atoms with Gasteiger partial charge in [0.1, 0.15) is 6.42 Å². The number of hydrazine groups is 1. The highest BCUT2D eigenvalue weighted by Gasteiger charge is 2.35. The van der Waals surface area contributed by atoms with Gasteiger partial charge in [0.2, 0.25) is 12.3 Å². The van der Waals surface area contributed by atoms with Gasteiger partial charge in [-0.1, -0.05) is 46.3 Å². The van der Waals surface area contributed by atoms with E-state index in [9.17, 15) is 4.79 Å². The van der Waals surface area contributed by atoms with E-state index in [-0.39, 0.29) is 11.9 Å². The first-order valence-corrected chi connectivity index (χ1v) is 7.25. The molecule has 100 valence electrons. The molecule has 4 heteroatoms. The second kappa shape index (κ2) is 5.59. The van der Waals surface area contributed by atoms with Crippen molar-refractivity contribution in [2.24, 2.45) is 0 Å². The van der Waals surface area contributed by atoms with Crippen molar-refractivity contribution in [3.8, 4) is 0 Å². The molecule has 0 spiro atoms. The predicted octanol–water partition coefficient (Wildman–Crippen LogP) is 3.06. The Balaban J connectivity index is 1.97. The highest BCUT2D eigenvalue weighted by molar-refractivity contribution is 9.10. The van der Waals surface area contributed by atoms with E-state index in [4.69, 9.17) is 0 Å². The van der Waals surface area contributed by atoms with Crippen molar-refractivity contribution in [1.82, 2.24) is 5.43 Å². The molecule has 1 atom stereocenters. The third-order valence-corrected chi connectivity index (χ3v) is 3.78. The number of nitrogens with zero attached hydrogens (tertiary/aromatic N) is 1. The highest BCUT2D eigenvalue weighted by atomic mass is 79.9. The molecule has 20 heavy (non-hydrogen) atoms. The van der Waals surface area contributed by atoms with Crippen molar-refractivity contribution in [3.05, 3.63) is 70.2 Å². The first kappa shape index (κ1) is 13.1. The fourth-order valence-corrected chi connectivity index (χ4v) is 2.77. The highest BCUT2D eigenvalue weighted by Crippen LogP contribution is 2.26. The van der Waals surface area contributed by atoms with Crippen LogP contribution < -0.4 is 5.43 Å². The van der Waals surface area contributed by atoms with E-state index in [0.717, 1.165) is 15.6 Å². The van der Waals surface area contributed by atoms with Gasteiger partial charge in [-0.05, 0) is 24.3 Å². The molecular formula is C16H14BrN2O+. The number of halogens is 1. The lowest BCUT2D eigenvalue weighted by atomic mass is 10.1. The Hall–Kier alpha value is -1.94. The van der Waals surface area contributed by atoms with Crippen molar-refractivity contribution >= 4 is 28.1 Å². The van der Waals surface area contributed by atoms with Gasteiger partial charge in [0.25, 0.3) is 5.91 Å². The molecule has 1 heterocycles. The number of amides is 1. The van der Waals surface area contributed by atoms with Gasteiger partial charge >= 0.3 is 0 Å². The molecule has 0 aliphatic carbocycles. The van der Waals surface area contributed by atoms with E-state index in [1.807, 2.05) is 59.4 Å². The monoisotopic (exact) mass is 329 g/mol. The van der Waals surface area contributed by atoms with Gasteiger partial charge in [0, 0.05) is 15.6 Å². The average Bonchev–Trinajstić information content (AvgIpc) is 2.81. The van der Waals surface area contributed by atoms with Crippen molar-refractivity contribution < 1.29 is 9.48 Å². The van der Waals surface area contributed by atoms with Crippen LogP contribution in [0.5, 0.6) is 0 Å². The van der Waals surface area contributed by atoms with Gasteiger partial charge in [-0.15, -0.1) is 10.1 Å². The first-order chi connectivity index (χ1) is 9.72. The molecule has 1 fully saturated rings. The Labute approximate surface area is 126 Å². The Morgan fingerprint density at radius 3 is 2.70 bits per heavy atom. The summed E-state index contributed by atoms with van der Waals surface area (Å²) in [5.41, 5.74) is 5.07. The lowest BCUT2D eigenvalue weighted by Crippen LogP contribution is -2.26. The molecule has 1 N–H and O–H groups in total. The van der Waals surface area contributed by atoms with Crippen LogP contribution in [0.4, 0.5) is 0 Å². The first-order valence-electron chi connectivity index (χ1n) is 6.45. The molecule has 0 aromatic heterocycles. The minimum Gasteiger partial charge on any atom is -0.269 e. The lowest BCUT2D eigenvalue weighted by molar-refractivity contribution is -0.594. The molecule has 2 aromatic carbocycles. The van der Waals surface area contributed by atoms with Crippen molar-refractivity contribution in [3.63, 3.8) is 0 Å². The zero-order valence-corrected chi connectivity index (χ0v) is 12.4. The summed E-state index contributed by atoms with van der Waals surface area (Å²) in [4.78, 5) is 11.7. The maximum absolute atomic E-state index is 11.7. The predicted molar refractivity (Wildman–Crippen MR) is 81.5 cm³/mol. The number of hydrogen-bond acceptors (Lipinski definition) is 1. The molecule has 2 aromatic rings. The van der Waals surface area contributed by atoms with Gasteiger partial charge in [0.15, 0.2) is 0 Å². The largest absolute Gasteiger partial charge is 0.281 e. The lowest BCUT2D eigenvalue weighted by Gasteiger charge is -2.06. The van der Waals surface area contributed by atoms with Gasteiger partial charge in [-0.3, -0.25) is 4.79 Å². The van der Waals surface area contributed by atoms with Gasteiger partial charge in [0.05, 0.1) is 0 Å². The van der Waals surface area contributed by atoms with E-state index in [1.165, 1.54) is 0 Å². The summed E-state index contributed by atoms with van der Waals surface area (Å²) in [5, 5.41) is 0. The van der Waals surface area contributed by atoms with Gasteiger partial charge in [-0.25, -0.2) is 0 Å². The fraction of sp³-hybridized carbons (Fsp3) is 0.125. The van der Waals surface area contributed by atoms with Crippen LogP contribution in [0.25, 0.3) is 0 Å². The second-order valence-corrected chi connectivity index (χ2v) is 5.67. The minimum absolute atomic E-state index is 0.0280. The number of nitrogens with one attached hydrogen (secondary N) is 1. The van der Waals surface area contributed by atoms with Crippen LogP contribution in [0, 0.1) is 0 Å². The smallest absolute Gasteiger partial charge is 0.269 e. The molecule has 1 aliphatic rings. The summed E-state index contributed by atoms with van der Waals surface area (Å²) in [5.74, 6) is 0.0437. The van der Waals surface area contributed by atoms with E-state index >= 15 is 0 Å². The fourth-order valence-electron chi connectivity index (χ4n) is 2.36. The molecule has 0 saturated carbocycles. The number of hydrogen-bond donors (Lipinski definition) is 1. The van der Waals surface area contributed by atoms with Crippen LogP contribution in [0.1, 0.15) is 23.6 Å². The van der Waals surface area contributed by atoms with Gasteiger partial charge < -0.3 is 0 Å². The van der Waals surface area contributed by atoms with Crippen LogP contribution in [-0.2, 0) is 4.79 Å². The molecular weight excluding hydrogens is 316 g/mol. The molecule has 3 rings (SSSR count). The molecule has 0 bridgehead atoms. The molecule has 1 saturated heterocycles. The average molecular weight is 330 g/mol. The molecule has 3 nitrogen and oxygen atoms in total. The zero-order valence-electron chi connectivity index (χ0n) is 10.8. The summed E-state index contributed by atoms with van der Waals surface area (Å²) in [6.45, 7) is 0. The Kier molecular flexibility index (Phi) is 3.65. The number of rotatable bonds is 2. The van der Waals surface area contributed by atoms with Crippen LogP contribution >= 0.6 is 15.9 Å². The molecule has 1 aliphatic heterocycles. The number of carbonyl (C=O) groups excluding carboxylic acids is 1. The SMILES string of the molecule is O=C1CC(c2cccc(Br)c2)/[N+](=C/c2ccccc2)N1. The number of carbonyl (C=O) groups is 1. The summed E-state index contributed by atoms with van der Waals surface area (Å²) in [7, 11) is 0.